The number of carbonyl (C=O) groups is 2. The van der Waals surface area contributed by atoms with Crippen LogP contribution in [0, 0.1) is 10.1 Å². The Morgan fingerprint density at radius 3 is 2.36 bits per heavy atom. The van der Waals surface area contributed by atoms with Gasteiger partial charge in [0.2, 0.25) is 0 Å². The summed E-state index contributed by atoms with van der Waals surface area (Å²) in [4.78, 5) is 34.2. The van der Waals surface area contributed by atoms with E-state index in [1.165, 1.54) is 36.4 Å². The van der Waals surface area contributed by atoms with Gasteiger partial charge in [0, 0.05) is 23.8 Å². The van der Waals surface area contributed by atoms with Crippen LogP contribution in [0.25, 0.3) is 0 Å². The highest BCUT2D eigenvalue weighted by atomic mass is 16.6. The third kappa shape index (κ3) is 4.31. The molecule has 0 unspecified atom stereocenters. The van der Waals surface area contributed by atoms with Gasteiger partial charge in [-0.1, -0.05) is 24.3 Å². The van der Waals surface area contributed by atoms with E-state index in [9.17, 15) is 24.8 Å². The van der Waals surface area contributed by atoms with E-state index >= 15 is 0 Å². The number of non-ortho nitro benzene ring substituents is 1. The van der Waals surface area contributed by atoms with Gasteiger partial charge in [0.25, 0.3) is 11.6 Å². The molecule has 0 aliphatic heterocycles. The standard InChI is InChI=1S/C20H14N2O6/c23-19(13-5-4-6-14(11-13)22(26)27)21-18-12-16(9-10-17(18)20(24)25)28-15-7-2-1-3-8-15/h1-12H,(H,21,23)(H,24,25). The van der Waals surface area contributed by atoms with Crippen molar-refractivity contribution in [3.8, 4) is 11.5 Å². The number of carboxylic acid groups (broad SMARTS) is 1. The highest BCUT2D eigenvalue weighted by Gasteiger charge is 2.17. The molecule has 0 aromatic heterocycles. The monoisotopic (exact) mass is 378 g/mol. The lowest BCUT2D eigenvalue weighted by Crippen LogP contribution is -2.15. The zero-order valence-corrected chi connectivity index (χ0v) is 14.4. The van der Waals surface area contributed by atoms with E-state index in [2.05, 4.69) is 5.32 Å². The number of nitrogens with zero attached hydrogens (tertiary/aromatic N) is 1. The summed E-state index contributed by atoms with van der Waals surface area (Å²) in [5, 5.41) is 22.7. The summed E-state index contributed by atoms with van der Waals surface area (Å²) in [6.07, 6.45) is 0. The SMILES string of the molecule is O=C(Nc1cc(Oc2ccccc2)ccc1C(=O)O)c1cccc([N+](=O)[O-])c1. The number of aromatic carboxylic acids is 1. The molecule has 3 aromatic carbocycles. The van der Waals surface area contributed by atoms with Crippen LogP contribution in [0.2, 0.25) is 0 Å². The predicted molar refractivity (Wildman–Crippen MR) is 101 cm³/mol. The minimum Gasteiger partial charge on any atom is -0.478 e. The number of nitrogens with one attached hydrogen (secondary N) is 1. The topological polar surface area (TPSA) is 119 Å². The Balaban J connectivity index is 1.89. The lowest BCUT2D eigenvalue weighted by molar-refractivity contribution is -0.384. The summed E-state index contributed by atoms with van der Waals surface area (Å²) in [5.41, 5.74) is -0.344. The molecular weight excluding hydrogens is 364 g/mol. The van der Waals surface area contributed by atoms with Crippen LogP contribution in [0.5, 0.6) is 11.5 Å². The Labute approximate surface area is 159 Å². The average molecular weight is 378 g/mol. The van der Waals surface area contributed by atoms with Crippen molar-refractivity contribution in [3.63, 3.8) is 0 Å². The molecule has 0 saturated heterocycles. The van der Waals surface area contributed by atoms with E-state index in [-0.39, 0.29) is 22.5 Å². The Hall–Kier alpha value is -4.20. The third-order valence-corrected chi connectivity index (χ3v) is 3.77. The largest absolute Gasteiger partial charge is 0.478 e. The van der Waals surface area contributed by atoms with Crippen LogP contribution >= 0.6 is 0 Å². The number of benzene rings is 3. The summed E-state index contributed by atoms with van der Waals surface area (Å²) in [6.45, 7) is 0. The number of amides is 1. The van der Waals surface area contributed by atoms with Crippen LogP contribution in [0.3, 0.4) is 0 Å². The number of hydrogen-bond donors (Lipinski definition) is 2. The maximum Gasteiger partial charge on any atom is 0.337 e. The van der Waals surface area contributed by atoms with Crippen molar-refractivity contribution in [1.29, 1.82) is 0 Å². The molecule has 8 heteroatoms. The van der Waals surface area contributed by atoms with Gasteiger partial charge in [-0.3, -0.25) is 14.9 Å². The number of nitro groups is 1. The first-order valence-corrected chi connectivity index (χ1v) is 8.10. The van der Waals surface area contributed by atoms with Crippen molar-refractivity contribution in [2.24, 2.45) is 0 Å². The van der Waals surface area contributed by atoms with Gasteiger partial charge in [0.05, 0.1) is 16.2 Å². The van der Waals surface area contributed by atoms with Crippen LogP contribution < -0.4 is 10.1 Å². The number of nitro benzene ring substituents is 1. The van der Waals surface area contributed by atoms with Crippen LogP contribution in [0.15, 0.2) is 72.8 Å². The molecule has 0 fully saturated rings. The molecule has 2 N–H and O–H groups in total. The van der Waals surface area contributed by atoms with Gasteiger partial charge in [-0.25, -0.2) is 4.79 Å². The molecule has 28 heavy (non-hydrogen) atoms. The van der Waals surface area contributed by atoms with E-state index in [0.717, 1.165) is 6.07 Å². The molecule has 0 heterocycles. The van der Waals surface area contributed by atoms with Crippen molar-refractivity contribution >= 4 is 23.3 Å². The summed E-state index contributed by atoms with van der Waals surface area (Å²) in [7, 11) is 0. The number of anilines is 1. The second-order valence-electron chi connectivity index (χ2n) is 5.69. The first-order chi connectivity index (χ1) is 13.4. The maximum absolute atomic E-state index is 12.5. The highest BCUT2D eigenvalue weighted by molar-refractivity contribution is 6.08. The van der Waals surface area contributed by atoms with Crippen molar-refractivity contribution in [1.82, 2.24) is 0 Å². The number of ether oxygens (including phenoxy) is 1. The van der Waals surface area contributed by atoms with Crippen molar-refractivity contribution in [2.75, 3.05) is 5.32 Å². The van der Waals surface area contributed by atoms with Crippen molar-refractivity contribution < 1.29 is 24.4 Å². The maximum atomic E-state index is 12.5. The molecule has 0 aliphatic carbocycles. The van der Waals surface area contributed by atoms with Crippen LogP contribution in [-0.4, -0.2) is 21.9 Å². The number of rotatable bonds is 6. The number of carbonyl (C=O) groups excluding carboxylic acids is 1. The van der Waals surface area contributed by atoms with Gasteiger partial charge in [0.1, 0.15) is 11.5 Å². The molecule has 0 bridgehead atoms. The van der Waals surface area contributed by atoms with Gasteiger partial charge in [-0.15, -0.1) is 0 Å². The van der Waals surface area contributed by atoms with Gasteiger partial charge in [-0.2, -0.15) is 0 Å². The molecule has 140 valence electrons. The molecule has 1 amide bonds. The highest BCUT2D eigenvalue weighted by Crippen LogP contribution is 2.27. The first kappa shape index (κ1) is 18.6. The molecular formula is C20H14N2O6. The van der Waals surface area contributed by atoms with Gasteiger partial charge in [-0.05, 0) is 30.3 Å². The molecule has 3 rings (SSSR count). The Bertz CT molecular complexity index is 1050. The summed E-state index contributed by atoms with van der Waals surface area (Å²) in [6, 6.07) is 18.2. The molecule has 0 radical (unpaired) electrons. The molecule has 0 aliphatic rings. The first-order valence-electron chi connectivity index (χ1n) is 8.10. The summed E-state index contributed by atoms with van der Waals surface area (Å²) in [5.74, 6) is -1.05. The molecule has 0 saturated carbocycles. The van der Waals surface area contributed by atoms with E-state index in [4.69, 9.17) is 4.74 Å². The quantitative estimate of drug-likeness (QED) is 0.486. The van der Waals surface area contributed by atoms with Gasteiger partial charge >= 0.3 is 5.97 Å². The second kappa shape index (κ2) is 8.00. The lowest BCUT2D eigenvalue weighted by Gasteiger charge is -2.12. The van der Waals surface area contributed by atoms with Crippen LogP contribution in [-0.2, 0) is 0 Å². The number of hydrogen-bond acceptors (Lipinski definition) is 5. The fourth-order valence-electron chi connectivity index (χ4n) is 2.46. The minimum atomic E-state index is -1.24. The Morgan fingerprint density at radius 2 is 1.68 bits per heavy atom. The molecule has 8 nitrogen and oxygen atoms in total. The predicted octanol–water partition coefficient (Wildman–Crippen LogP) is 4.34. The van der Waals surface area contributed by atoms with Gasteiger partial charge in [0.15, 0.2) is 0 Å². The smallest absolute Gasteiger partial charge is 0.337 e. The fourth-order valence-corrected chi connectivity index (χ4v) is 2.46. The van der Waals surface area contributed by atoms with Crippen LogP contribution in [0.4, 0.5) is 11.4 Å². The van der Waals surface area contributed by atoms with E-state index in [1.54, 1.807) is 24.3 Å². The fraction of sp³-hybridized carbons (Fsp3) is 0. The Kier molecular flexibility index (Phi) is 5.31. The molecule has 0 spiro atoms. The lowest BCUT2D eigenvalue weighted by atomic mass is 10.1. The molecule has 0 atom stereocenters. The average Bonchev–Trinajstić information content (AvgIpc) is 2.69. The summed E-state index contributed by atoms with van der Waals surface area (Å²) < 4.78 is 5.66. The third-order valence-electron chi connectivity index (χ3n) is 3.77. The number of carboxylic acids is 1. The zero-order chi connectivity index (χ0) is 20.1. The van der Waals surface area contributed by atoms with Crippen LogP contribution in [0.1, 0.15) is 20.7 Å². The number of para-hydroxylation sites is 1. The Morgan fingerprint density at radius 1 is 0.929 bits per heavy atom. The summed E-state index contributed by atoms with van der Waals surface area (Å²) >= 11 is 0. The van der Waals surface area contributed by atoms with E-state index < -0.39 is 16.8 Å². The van der Waals surface area contributed by atoms with E-state index in [1.807, 2.05) is 6.07 Å². The normalized spacial score (nSPS) is 10.1. The van der Waals surface area contributed by atoms with Crippen molar-refractivity contribution in [3.05, 3.63) is 94.0 Å². The molecule has 3 aromatic rings. The minimum absolute atomic E-state index is 0.0115. The van der Waals surface area contributed by atoms with E-state index in [0.29, 0.717) is 11.5 Å². The zero-order valence-electron chi connectivity index (χ0n) is 14.4. The second-order valence-corrected chi connectivity index (χ2v) is 5.69. The van der Waals surface area contributed by atoms with Gasteiger partial charge < -0.3 is 15.2 Å². The van der Waals surface area contributed by atoms with Crippen molar-refractivity contribution in [2.45, 2.75) is 0 Å².